The molecule has 2 rings (SSSR count). The molecule has 7 heteroatoms. The van der Waals surface area contributed by atoms with Gasteiger partial charge in [-0.1, -0.05) is 0 Å². The molecule has 2 saturated heterocycles. The highest BCUT2D eigenvalue weighted by atomic mass is 16.5. The van der Waals surface area contributed by atoms with E-state index in [4.69, 9.17) is 14.6 Å². The first-order valence-corrected chi connectivity index (χ1v) is 6.81. The van der Waals surface area contributed by atoms with Gasteiger partial charge in [-0.15, -0.1) is 0 Å². The van der Waals surface area contributed by atoms with E-state index in [0.717, 1.165) is 0 Å². The summed E-state index contributed by atoms with van der Waals surface area (Å²) >= 11 is 0. The van der Waals surface area contributed by atoms with E-state index >= 15 is 0 Å². The normalized spacial score (nSPS) is 20.9. The number of carboxylic acids is 1. The Morgan fingerprint density at radius 2 is 1.52 bits per heavy atom. The molecule has 0 aliphatic carbocycles. The van der Waals surface area contributed by atoms with Crippen LogP contribution in [-0.4, -0.2) is 55.9 Å². The lowest BCUT2D eigenvalue weighted by Gasteiger charge is -2.36. The van der Waals surface area contributed by atoms with E-state index in [0.29, 0.717) is 33.0 Å². The molecule has 0 atom stereocenters. The molecular weight excluding hydrogens is 280 g/mol. The largest absolute Gasteiger partial charge is 0.481 e. The molecule has 7 nitrogen and oxygen atoms in total. The number of hydrogen-bond acceptors (Lipinski definition) is 6. The molecule has 21 heavy (non-hydrogen) atoms. The van der Waals surface area contributed by atoms with Crippen LogP contribution in [0.25, 0.3) is 0 Å². The maximum Gasteiger partial charge on any atom is 0.314 e. The zero-order valence-electron chi connectivity index (χ0n) is 12.6. The van der Waals surface area contributed by atoms with Crippen molar-refractivity contribution in [2.75, 3.05) is 33.0 Å². The first-order chi connectivity index (χ1) is 9.73. The van der Waals surface area contributed by atoms with E-state index in [1.54, 1.807) is 20.8 Å². The summed E-state index contributed by atoms with van der Waals surface area (Å²) in [6, 6.07) is 0. The summed E-state index contributed by atoms with van der Waals surface area (Å²) in [5, 5.41) is 8.41. The van der Waals surface area contributed by atoms with Gasteiger partial charge in [-0.25, -0.2) is 0 Å². The molecule has 2 fully saturated rings. The van der Waals surface area contributed by atoms with Gasteiger partial charge in [0.2, 0.25) is 0 Å². The molecule has 0 unspecified atom stereocenters. The highest BCUT2D eigenvalue weighted by molar-refractivity contribution is 5.99. The number of Topliss-reactive ketones (excluding diaryl/α,β-unsaturated/α-hetero) is 1. The second kappa shape index (κ2) is 7.00. The van der Waals surface area contributed by atoms with E-state index in [2.05, 4.69) is 4.74 Å². The Labute approximate surface area is 123 Å². The van der Waals surface area contributed by atoms with Gasteiger partial charge in [0.15, 0.2) is 5.78 Å². The highest BCUT2D eigenvalue weighted by Gasteiger charge is 2.41. The zero-order valence-corrected chi connectivity index (χ0v) is 12.6. The number of carbonyl (C=O) groups is 3. The third kappa shape index (κ3) is 4.50. The lowest BCUT2D eigenvalue weighted by atomic mass is 9.82. The number of carboxylic acid groups (broad SMARTS) is 1. The molecule has 0 aromatic carbocycles. The summed E-state index contributed by atoms with van der Waals surface area (Å²) < 4.78 is 14.3. The van der Waals surface area contributed by atoms with Gasteiger partial charge in [-0.2, -0.15) is 0 Å². The summed E-state index contributed by atoms with van der Waals surface area (Å²) in [6.07, 6.45) is -0.131. The van der Waals surface area contributed by atoms with Crippen molar-refractivity contribution in [2.45, 2.75) is 27.2 Å². The minimum absolute atomic E-state index is 0.0859. The summed E-state index contributed by atoms with van der Waals surface area (Å²) in [7, 11) is 0. The Kier molecular flexibility index (Phi) is 5.86. The zero-order chi connectivity index (χ0) is 16.1. The van der Waals surface area contributed by atoms with E-state index in [1.807, 2.05) is 0 Å². The van der Waals surface area contributed by atoms with Crippen molar-refractivity contribution in [3.05, 3.63) is 0 Å². The molecule has 0 aromatic heterocycles. The maximum atomic E-state index is 11.5. The van der Waals surface area contributed by atoms with Gasteiger partial charge >= 0.3 is 11.9 Å². The predicted molar refractivity (Wildman–Crippen MR) is 71.7 cm³/mol. The standard InChI is InChI=1S/C9H14O4.C5H8O3/c1-3-13-8(11)4-7(10)9(2)5-12-6-9;1-5(4(6)7)2-8-3-5/h3-6H2,1-2H3;2-3H2,1H3,(H,6,7). The van der Waals surface area contributed by atoms with Crippen LogP contribution in [0.15, 0.2) is 0 Å². The average molecular weight is 302 g/mol. The van der Waals surface area contributed by atoms with Crippen molar-refractivity contribution in [2.24, 2.45) is 10.8 Å². The van der Waals surface area contributed by atoms with Crippen LogP contribution < -0.4 is 0 Å². The molecular formula is C14H22O7. The molecule has 0 amide bonds. The lowest BCUT2D eigenvalue weighted by molar-refractivity contribution is -0.175. The number of ketones is 1. The van der Waals surface area contributed by atoms with Crippen molar-refractivity contribution in [3.63, 3.8) is 0 Å². The van der Waals surface area contributed by atoms with Gasteiger partial charge in [0.1, 0.15) is 11.8 Å². The number of carbonyl (C=O) groups excluding carboxylic acids is 2. The molecule has 120 valence electrons. The molecule has 2 aliphatic rings. The van der Waals surface area contributed by atoms with E-state index in [9.17, 15) is 14.4 Å². The fourth-order valence-corrected chi connectivity index (χ4v) is 1.66. The summed E-state index contributed by atoms with van der Waals surface area (Å²) in [4.78, 5) is 32.6. The highest BCUT2D eigenvalue weighted by Crippen LogP contribution is 2.28. The Balaban J connectivity index is 0.000000235. The number of esters is 1. The topological polar surface area (TPSA) is 99.1 Å². The second-order valence-corrected chi connectivity index (χ2v) is 5.82. The van der Waals surface area contributed by atoms with Crippen LogP contribution in [0.4, 0.5) is 0 Å². The molecule has 0 saturated carbocycles. The quantitative estimate of drug-likeness (QED) is 0.588. The molecule has 0 spiro atoms. The SMILES string of the molecule is CC1(C(=O)O)COC1.CCOC(=O)CC(=O)C1(C)COC1. The summed E-state index contributed by atoms with van der Waals surface area (Å²) in [6.45, 7) is 7.09. The smallest absolute Gasteiger partial charge is 0.314 e. The minimum atomic E-state index is -0.760. The van der Waals surface area contributed by atoms with Crippen molar-refractivity contribution >= 4 is 17.7 Å². The fraction of sp³-hybridized carbons (Fsp3) is 0.786. The Morgan fingerprint density at radius 1 is 1.05 bits per heavy atom. The van der Waals surface area contributed by atoms with Crippen molar-refractivity contribution in [1.29, 1.82) is 0 Å². The monoisotopic (exact) mass is 302 g/mol. The van der Waals surface area contributed by atoms with Gasteiger partial charge in [0.05, 0.1) is 38.4 Å². The van der Waals surface area contributed by atoms with Gasteiger partial charge in [0, 0.05) is 0 Å². The minimum Gasteiger partial charge on any atom is -0.481 e. The van der Waals surface area contributed by atoms with E-state index in [-0.39, 0.29) is 12.2 Å². The molecule has 0 aromatic rings. The van der Waals surface area contributed by atoms with Gasteiger partial charge in [-0.05, 0) is 20.8 Å². The summed E-state index contributed by atoms with van der Waals surface area (Å²) in [5.41, 5.74) is -1.03. The first kappa shape index (κ1) is 17.6. The lowest BCUT2D eigenvalue weighted by Crippen LogP contribution is -2.47. The Morgan fingerprint density at radius 3 is 1.76 bits per heavy atom. The number of rotatable bonds is 5. The fourth-order valence-electron chi connectivity index (χ4n) is 1.66. The predicted octanol–water partition coefficient (Wildman–Crippen LogP) is 0.653. The Bertz CT molecular complexity index is 408. The van der Waals surface area contributed by atoms with Crippen molar-refractivity contribution in [3.8, 4) is 0 Å². The molecule has 1 N–H and O–H groups in total. The average Bonchev–Trinajstić information content (AvgIpc) is 2.33. The van der Waals surface area contributed by atoms with Crippen LogP contribution in [0.1, 0.15) is 27.2 Å². The van der Waals surface area contributed by atoms with Crippen LogP contribution in [0, 0.1) is 10.8 Å². The Hall–Kier alpha value is -1.47. The maximum absolute atomic E-state index is 11.5. The first-order valence-electron chi connectivity index (χ1n) is 6.81. The van der Waals surface area contributed by atoms with E-state index in [1.165, 1.54) is 0 Å². The molecule has 2 heterocycles. The van der Waals surface area contributed by atoms with Crippen molar-refractivity contribution < 1.29 is 33.7 Å². The number of ether oxygens (including phenoxy) is 3. The molecule has 0 bridgehead atoms. The summed E-state index contributed by atoms with van der Waals surface area (Å²) in [5.74, 6) is -1.29. The van der Waals surface area contributed by atoms with Gasteiger partial charge in [-0.3, -0.25) is 14.4 Å². The molecule has 2 aliphatic heterocycles. The van der Waals surface area contributed by atoms with Crippen LogP contribution >= 0.6 is 0 Å². The van der Waals surface area contributed by atoms with Gasteiger partial charge < -0.3 is 19.3 Å². The molecule has 0 radical (unpaired) electrons. The third-order valence-electron chi connectivity index (χ3n) is 3.48. The van der Waals surface area contributed by atoms with Crippen molar-refractivity contribution in [1.82, 2.24) is 0 Å². The van der Waals surface area contributed by atoms with Gasteiger partial charge in [0.25, 0.3) is 0 Å². The van der Waals surface area contributed by atoms with Crippen LogP contribution in [0.3, 0.4) is 0 Å². The van der Waals surface area contributed by atoms with Crippen LogP contribution in [0.2, 0.25) is 0 Å². The van der Waals surface area contributed by atoms with Crippen LogP contribution in [0.5, 0.6) is 0 Å². The second-order valence-electron chi connectivity index (χ2n) is 5.82. The van der Waals surface area contributed by atoms with E-state index < -0.39 is 22.8 Å². The number of hydrogen-bond donors (Lipinski definition) is 1. The third-order valence-corrected chi connectivity index (χ3v) is 3.48. The van der Waals surface area contributed by atoms with Crippen LogP contribution in [-0.2, 0) is 28.6 Å². The number of aliphatic carboxylic acids is 1.